The highest BCUT2D eigenvalue weighted by Crippen LogP contribution is 2.28. The lowest BCUT2D eigenvalue weighted by molar-refractivity contribution is 0.213. The van der Waals surface area contributed by atoms with Crippen LogP contribution in [0.1, 0.15) is 43.4 Å². The van der Waals surface area contributed by atoms with E-state index in [4.69, 9.17) is 19.0 Å². The topological polar surface area (TPSA) is 62.2 Å². The maximum absolute atomic E-state index is 5.98. The molecule has 6 nitrogen and oxygen atoms in total. The fourth-order valence-corrected chi connectivity index (χ4v) is 2.94. The molecule has 0 unspecified atom stereocenters. The molecule has 162 valence electrons. The molecule has 0 saturated heterocycles. The summed E-state index contributed by atoms with van der Waals surface area (Å²) in [5, 5.41) is 4.00. The predicted molar refractivity (Wildman–Crippen MR) is 120 cm³/mol. The number of ether oxygens (including phenoxy) is 3. The van der Waals surface area contributed by atoms with Crippen LogP contribution in [0.2, 0.25) is 0 Å². The van der Waals surface area contributed by atoms with E-state index in [1.807, 2.05) is 64.1 Å². The van der Waals surface area contributed by atoms with Crippen molar-refractivity contribution < 1.29 is 19.0 Å². The number of hydrogen-bond acceptors (Lipinski definition) is 6. The van der Waals surface area contributed by atoms with Gasteiger partial charge in [0, 0.05) is 24.2 Å². The molecule has 0 aliphatic carbocycles. The third-order valence-corrected chi connectivity index (χ3v) is 4.41. The van der Waals surface area contributed by atoms with Gasteiger partial charge in [0.2, 0.25) is 5.88 Å². The van der Waals surface area contributed by atoms with E-state index in [0.29, 0.717) is 25.7 Å². The van der Waals surface area contributed by atoms with Crippen LogP contribution in [0.4, 0.5) is 0 Å². The molecule has 1 aromatic carbocycles. The van der Waals surface area contributed by atoms with Gasteiger partial charge in [0.05, 0.1) is 18.9 Å². The molecule has 2 rings (SSSR count). The van der Waals surface area contributed by atoms with Gasteiger partial charge < -0.3 is 19.0 Å². The van der Waals surface area contributed by atoms with Crippen LogP contribution in [-0.4, -0.2) is 37.6 Å². The van der Waals surface area contributed by atoms with Gasteiger partial charge in [0.1, 0.15) is 25.2 Å². The van der Waals surface area contributed by atoms with Crippen molar-refractivity contribution in [3.63, 3.8) is 0 Å². The van der Waals surface area contributed by atoms with Gasteiger partial charge in [0.25, 0.3) is 0 Å². The zero-order valence-corrected chi connectivity index (χ0v) is 18.6. The second kappa shape index (κ2) is 12.5. The van der Waals surface area contributed by atoms with Crippen molar-refractivity contribution in [3.05, 3.63) is 59.3 Å². The number of aryl methyl sites for hydroxylation is 2. The summed E-state index contributed by atoms with van der Waals surface area (Å²) in [5.41, 5.74) is 3.91. The van der Waals surface area contributed by atoms with Crippen LogP contribution in [0.5, 0.6) is 17.4 Å². The number of nitrogens with zero attached hydrogens (tertiary/aromatic N) is 2. The Hall–Kier alpha value is -3.02. The summed E-state index contributed by atoms with van der Waals surface area (Å²) in [4.78, 5) is 9.19. The molecule has 6 heteroatoms. The van der Waals surface area contributed by atoms with Crippen molar-refractivity contribution in [3.8, 4) is 17.4 Å². The van der Waals surface area contributed by atoms with E-state index >= 15 is 0 Å². The van der Waals surface area contributed by atoms with Crippen molar-refractivity contribution in [2.75, 3.05) is 26.9 Å². The first-order valence-electron chi connectivity index (χ1n) is 10.3. The summed E-state index contributed by atoms with van der Waals surface area (Å²) >= 11 is 0. The van der Waals surface area contributed by atoms with Gasteiger partial charge in [-0.15, -0.1) is 0 Å². The van der Waals surface area contributed by atoms with Crippen LogP contribution in [0.25, 0.3) is 0 Å². The molecular weight excluding hydrogens is 380 g/mol. The average molecular weight is 413 g/mol. The van der Waals surface area contributed by atoms with Crippen LogP contribution in [0.15, 0.2) is 47.8 Å². The van der Waals surface area contributed by atoms with Crippen molar-refractivity contribution in [2.45, 2.75) is 40.5 Å². The van der Waals surface area contributed by atoms with E-state index in [1.54, 1.807) is 13.3 Å². The molecular formula is C24H32N2O4. The Balaban J connectivity index is 1.79. The monoisotopic (exact) mass is 412 g/mol. The quantitative estimate of drug-likeness (QED) is 0.206. The first kappa shape index (κ1) is 23.3. The SMILES string of the molecule is C/C=C/COc1cc(C)c(OCCCOc2ccc(/C(CC)=N/OC)cn2)c(C)c1. The highest BCUT2D eigenvalue weighted by Gasteiger charge is 2.08. The second-order valence-corrected chi connectivity index (χ2v) is 6.78. The highest BCUT2D eigenvalue weighted by molar-refractivity contribution is 5.99. The molecule has 30 heavy (non-hydrogen) atoms. The molecule has 0 aliphatic rings. The lowest BCUT2D eigenvalue weighted by atomic mass is 10.1. The predicted octanol–water partition coefficient (Wildman–Crippen LogP) is 5.26. The summed E-state index contributed by atoms with van der Waals surface area (Å²) in [5.74, 6) is 2.34. The number of aromatic nitrogens is 1. The van der Waals surface area contributed by atoms with Gasteiger partial charge >= 0.3 is 0 Å². The molecule has 0 N–H and O–H groups in total. The van der Waals surface area contributed by atoms with Crippen molar-refractivity contribution in [1.82, 2.24) is 4.98 Å². The van der Waals surface area contributed by atoms with Crippen LogP contribution in [0, 0.1) is 13.8 Å². The average Bonchev–Trinajstić information content (AvgIpc) is 2.74. The smallest absolute Gasteiger partial charge is 0.213 e. The molecule has 0 aliphatic heterocycles. The molecule has 0 spiro atoms. The number of pyridine rings is 1. The van der Waals surface area contributed by atoms with Gasteiger partial charge in [-0.05, 0) is 56.5 Å². The molecule has 1 heterocycles. The summed E-state index contributed by atoms with van der Waals surface area (Å²) in [7, 11) is 1.54. The van der Waals surface area contributed by atoms with E-state index < -0.39 is 0 Å². The van der Waals surface area contributed by atoms with Crippen LogP contribution in [0.3, 0.4) is 0 Å². The molecule has 1 aromatic heterocycles. The first-order valence-corrected chi connectivity index (χ1v) is 10.3. The number of allylic oxidation sites excluding steroid dienone is 1. The summed E-state index contributed by atoms with van der Waals surface area (Å²) in [6.45, 7) is 9.73. The Labute approximate surface area is 179 Å². The molecule has 0 fully saturated rings. The molecule has 0 saturated carbocycles. The minimum atomic E-state index is 0.530. The van der Waals surface area contributed by atoms with Gasteiger partial charge in [0.15, 0.2) is 0 Å². The lowest BCUT2D eigenvalue weighted by Crippen LogP contribution is -2.08. The van der Waals surface area contributed by atoms with E-state index in [2.05, 4.69) is 10.1 Å². The fourth-order valence-electron chi connectivity index (χ4n) is 2.94. The van der Waals surface area contributed by atoms with Crippen LogP contribution >= 0.6 is 0 Å². The minimum Gasteiger partial charge on any atom is -0.493 e. The summed E-state index contributed by atoms with van der Waals surface area (Å²) < 4.78 is 17.4. The Morgan fingerprint density at radius 2 is 1.80 bits per heavy atom. The Bertz CT molecular complexity index is 822. The van der Waals surface area contributed by atoms with E-state index in [9.17, 15) is 0 Å². The van der Waals surface area contributed by atoms with E-state index in [-0.39, 0.29) is 0 Å². The van der Waals surface area contributed by atoms with E-state index in [1.165, 1.54) is 0 Å². The maximum Gasteiger partial charge on any atom is 0.213 e. The molecule has 0 bridgehead atoms. The zero-order valence-electron chi connectivity index (χ0n) is 18.6. The Morgan fingerprint density at radius 3 is 2.40 bits per heavy atom. The van der Waals surface area contributed by atoms with E-state index in [0.717, 1.165) is 46.7 Å². The van der Waals surface area contributed by atoms with Gasteiger partial charge in [-0.1, -0.05) is 24.2 Å². The highest BCUT2D eigenvalue weighted by atomic mass is 16.6. The second-order valence-electron chi connectivity index (χ2n) is 6.78. The third kappa shape index (κ3) is 7.10. The number of oxime groups is 1. The van der Waals surface area contributed by atoms with Gasteiger partial charge in [-0.25, -0.2) is 4.98 Å². The standard InChI is InChI=1S/C24H32N2O4/c1-6-8-12-28-21-15-18(3)24(19(4)16-21)30-14-9-13-29-23-11-10-20(17-25-23)22(7-2)26-27-5/h6,8,10-11,15-17H,7,9,12-14H2,1-5H3/b8-6+,26-22+. The van der Waals surface area contributed by atoms with Crippen LogP contribution < -0.4 is 14.2 Å². The zero-order chi connectivity index (χ0) is 21.8. The van der Waals surface area contributed by atoms with Gasteiger partial charge in [-0.2, -0.15) is 0 Å². The van der Waals surface area contributed by atoms with Crippen LogP contribution in [-0.2, 0) is 4.84 Å². The lowest BCUT2D eigenvalue weighted by Gasteiger charge is -2.14. The molecule has 0 radical (unpaired) electrons. The van der Waals surface area contributed by atoms with Crippen molar-refractivity contribution >= 4 is 5.71 Å². The maximum atomic E-state index is 5.98. The number of rotatable bonds is 12. The van der Waals surface area contributed by atoms with Crippen molar-refractivity contribution in [2.24, 2.45) is 5.16 Å². The normalized spacial score (nSPS) is 11.6. The summed E-state index contributed by atoms with van der Waals surface area (Å²) in [6, 6.07) is 7.79. The molecule has 2 aromatic rings. The third-order valence-electron chi connectivity index (χ3n) is 4.41. The van der Waals surface area contributed by atoms with Gasteiger partial charge in [-0.3, -0.25) is 0 Å². The van der Waals surface area contributed by atoms with Crippen molar-refractivity contribution in [1.29, 1.82) is 0 Å². The first-order chi connectivity index (χ1) is 14.6. The number of benzene rings is 1. The number of hydrogen-bond donors (Lipinski definition) is 0. The Morgan fingerprint density at radius 1 is 1.07 bits per heavy atom. The summed E-state index contributed by atoms with van der Waals surface area (Å²) in [6.07, 6.45) is 7.23. The Kier molecular flexibility index (Phi) is 9.71. The fraction of sp³-hybridized carbons (Fsp3) is 0.417. The molecule has 0 amide bonds. The minimum absolute atomic E-state index is 0.530. The molecule has 0 atom stereocenters. The largest absolute Gasteiger partial charge is 0.493 e.